The fourth-order valence-electron chi connectivity index (χ4n) is 3.23. The van der Waals surface area contributed by atoms with Gasteiger partial charge >= 0.3 is 6.03 Å². The highest BCUT2D eigenvalue weighted by atomic mass is 16.5. The van der Waals surface area contributed by atoms with Crippen LogP contribution in [-0.4, -0.2) is 49.6 Å². The first-order valence-electron chi connectivity index (χ1n) is 9.32. The highest BCUT2D eigenvalue weighted by Gasteiger charge is 2.46. The first-order valence-corrected chi connectivity index (χ1v) is 9.32. The summed E-state index contributed by atoms with van der Waals surface area (Å²) in [5.41, 5.74) is 0.953. The van der Waals surface area contributed by atoms with Crippen LogP contribution in [0.1, 0.15) is 6.42 Å². The van der Waals surface area contributed by atoms with E-state index in [0.29, 0.717) is 22.9 Å². The molecule has 2 aromatic rings. The minimum atomic E-state index is -0.931. The number of carbonyl (C=O) groups is 3. The van der Waals surface area contributed by atoms with E-state index in [1.165, 1.54) is 18.1 Å². The molecule has 1 aliphatic rings. The van der Waals surface area contributed by atoms with E-state index in [-0.39, 0.29) is 18.9 Å². The Hall–Kier alpha value is -3.81. The van der Waals surface area contributed by atoms with E-state index in [9.17, 15) is 14.4 Å². The predicted octanol–water partition coefficient (Wildman–Crippen LogP) is 3.06. The normalized spacial score (nSPS) is 15.9. The smallest absolute Gasteiger partial charge is 0.332 e. The van der Waals surface area contributed by atoms with Crippen molar-refractivity contribution in [3.8, 4) is 11.5 Å². The predicted molar refractivity (Wildman–Crippen MR) is 113 cm³/mol. The molecule has 4 amide bonds. The van der Waals surface area contributed by atoms with Gasteiger partial charge < -0.3 is 19.7 Å². The Morgan fingerprint density at radius 1 is 1.10 bits per heavy atom. The summed E-state index contributed by atoms with van der Waals surface area (Å²) in [5.74, 6) is 0.326. The lowest BCUT2D eigenvalue weighted by atomic mass is 10.1. The Balaban J connectivity index is 1.79. The van der Waals surface area contributed by atoms with Crippen LogP contribution in [0, 0.1) is 0 Å². The number of amides is 4. The van der Waals surface area contributed by atoms with Crippen LogP contribution < -0.4 is 19.7 Å². The topological polar surface area (TPSA) is 88.2 Å². The Bertz CT molecular complexity index is 958. The molecular weight excluding hydrogens is 386 g/mol. The number of rotatable bonds is 8. The molecule has 30 heavy (non-hydrogen) atoms. The summed E-state index contributed by atoms with van der Waals surface area (Å²) >= 11 is 0. The van der Waals surface area contributed by atoms with Crippen molar-refractivity contribution in [1.29, 1.82) is 0 Å². The number of ether oxygens (including phenoxy) is 2. The summed E-state index contributed by atoms with van der Waals surface area (Å²) in [4.78, 5) is 41.0. The van der Waals surface area contributed by atoms with Crippen molar-refractivity contribution in [3.05, 3.63) is 61.2 Å². The number of hydrogen-bond donors (Lipinski definition) is 1. The number of nitrogens with zero attached hydrogens (tertiary/aromatic N) is 2. The maximum Gasteiger partial charge on any atom is 0.332 e. The molecule has 8 heteroatoms. The Labute approximate surface area is 174 Å². The number of methoxy groups -OCH3 is 2. The van der Waals surface area contributed by atoms with Gasteiger partial charge in [-0.1, -0.05) is 12.1 Å². The van der Waals surface area contributed by atoms with E-state index in [1.807, 2.05) is 0 Å². The van der Waals surface area contributed by atoms with Crippen LogP contribution in [0.25, 0.3) is 0 Å². The monoisotopic (exact) mass is 409 g/mol. The molecule has 1 fully saturated rings. The summed E-state index contributed by atoms with van der Waals surface area (Å²) in [6.45, 7) is 3.79. The number of anilines is 2. The minimum absolute atomic E-state index is 0.144. The van der Waals surface area contributed by atoms with Crippen LogP contribution in [0.15, 0.2) is 61.2 Å². The van der Waals surface area contributed by atoms with Gasteiger partial charge in [-0.2, -0.15) is 0 Å². The Morgan fingerprint density at radius 2 is 1.80 bits per heavy atom. The molecule has 3 rings (SSSR count). The number of hydrogen-bond acceptors (Lipinski definition) is 5. The largest absolute Gasteiger partial charge is 0.497 e. The van der Waals surface area contributed by atoms with Crippen LogP contribution in [0.3, 0.4) is 0 Å². The molecule has 2 aromatic carbocycles. The second-order valence-electron chi connectivity index (χ2n) is 6.60. The number of imide groups is 1. The first-order chi connectivity index (χ1) is 14.5. The zero-order valence-corrected chi connectivity index (χ0v) is 16.8. The van der Waals surface area contributed by atoms with Crippen LogP contribution in [-0.2, 0) is 9.59 Å². The number of urea groups is 1. The Morgan fingerprint density at radius 3 is 2.43 bits per heavy atom. The van der Waals surface area contributed by atoms with Crippen LogP contribution in [0.4, 0.5) is 16.2 Å². The Kier molecular flexibility index (Phi) is 6.36. The van der Waals surface area contributed by atoms with E-state index in [0.717, 1.165) is 4.90 Å². The second kappa shape index (κ2) is 9.13. The molecule has 1 aliphatic heterocycles. The zero-order chi connectivity index (χ0) is 21.7. The lowest BCUT2D eigenvalue weighted by molar-refractivity contribution is -0.124. The fraction of sp³-hybridized carbons (Fsp3) is 0.227. The average Bonchev–Trinajstić information content (AvgIpc) is 2.98. The van der Waals surface area contributed by atoms with Crippen molar-refractivity contribution >= 4 is 29.2 Å². The second-order valence-corrected chi connectivity index (χ2v) is 6.60. The molecule has 8 nitrogen and oxygen atoms in total. The van der Waals surface area contributed by atoms with Crippen LogP contribution >= 0.6 is 0 Å². The van der Waals surface area contributed by atoms with Crippen molar-refractivity contribution in [3.63, 3.8) is 0 Å². The molecule has 1 N–H and O–H groups in total. The van der Waals surface area contributed by atoms with E-state index in [2.05, 4.69) is 11.9 Å². The number of benzene rings is 2. The molecule has 1 saturated heterocycles. The molecule has 0 spiro atoms. The van der Waals surface area contributed by atoms with Crippen LogP contribution in [0.2, 0.25) is 0 Å². The molecule has 1 atom stereocenters. The van der Waals surface area contributed by atoms with Gasteiger partial charge in [0.15, 0.2) is 0 Å². The molecule has 0 bridgehead atoms. The third-order valence-corrected chi connectivity index (χ3v) is 4.71. The lowest BCUT2D eigenvalue weighted by Crippen LogP contribution is -2.38. The van der Waals surface area contributed by atoms with Crippen molar-refractivity contribution in [2.24, 2.45) is 0 Å². The fourth-order valence-corrected chi connectivity index (χ4v) is 3.23. The molecule has 0 unspecified atom stereocenters. The highest BCUT2D eigenvalue weighted by molar-refractivity contribution is 6.22. The third-order valence-electron chi connectivity index (χ3n) is 4.71. The van der Waals surface area contributed by atoms with Crippen LogP contribution in [0.5, 0.6) is 11.5 Å². The summed E-state index contributed by atoms with van der Waals surface area (Å²) in [7, 11) is 3.06. The van der Waals surface area contributed by atoms with E-state index >= 15 is 0 Å². The van der Waals surface area contributed by atoms with Gasteiger partial charge in [0, 0.05) is 18.3 Å². The molecule has 156 valence electrons. The molecule has 0 saturated carbocycles. The number of nitrogens with one attached hydrogen (secondary N) is 1. The third kappa shape index (κ3) is 4.27. The summed E-state index contributed by atoms with van der Waals surface area (Å²) in [5, 5.41) is 2.74. The van der Waals surface area contributed by atoms with Gasteiger partial charge in [-0.25, -0.2) is 9.69 Å². The maximum atomic E-state index is 13.1. The van der Waals surface area contributed by atoms with Gasteiger partial charge in [0.05, 0.1) is 26.3 Å². The number of carbonyl (C=O) groups excluding carboxylic acids is 3. The van der Waals surface area contributed by atoms with Crippen molar-refractivity contribution in [2.45, 2.75) is 12.5 Å². The van der Waals surface area contributed by atoms with Gasteiger partial charge in [-0.15, -0.1) is 6.58 Å². The molecule has 0 aliphatic carbocycles. The molecular formula is C22H23N3O5. The van der Waals surface area contributed by atoms with Gasteiger partial charge in [-0.05, 0) is 36.4 Å². The van der Waals surface area contributed by atoms with Gasteiger partial charge in [-0.3, -0.25) is 9.59 Å². The standard InChI is InChI=1S/C22H23N3O5/c1-4-12-24-19(14-20(26)23-15-8-10-17(29-2)11-9-15)21(27)25(22(24)28)16-6-5-7-18(13-16)30-3/h4-11,13,19H,1,12,14H2,2-3H3,(H,23,26)/t19-/m1/s1. The average molecular weight is 409 g/mol. The zero-order valence-electron chi connectivity index (χ0n) is 16.8. The molecule has 0 aromatic heterocycles. The quantitative estimate of drug-likeness (QED) is 0.535. The van der Waals surface area contributed by atoms with E-state index in [1.54, 1.807) is 55.6 Å². The summed E-state index contributed by atoms with van der Waals surface area (Å²) in [6, 6.07) is 12.0. The lowest BCUT2D eigenvalue weighted by Gasteiger charge is -2.19. The minimum Gasteiger partial charge on any atom is -0.497 e. The molecule has 0 radical (unpaired) electrons. The first kappa shape index (κ1) is 20.9. The molecule has 1 heterocycles. The highest BCUT2D eigenvalue weighted by Crippen LogP contribution is 2.29. The van der Waals surface area contributed by atoms with Gasteiger partial charge in [0.2, 0.25) is 5.91 Å². The van der Waals surface area contributed by atoms with Crippen molar-refractivity contribution in [2.75, 3.05) is 31.0 Å². The SMILES string of the molecule is C=CCN1C(=O)N(c2cccc(OC)c2)C(=O)[C@H]1CC(=O)Nc1ccc(OC)cc1. The summed E-state index contributed by atoms with van der Waals surface area (Å²) in [6.07, 6.45) is 1.35. The van der Waals surface area contributed by atoms with Gasteiger partial charge in [0.1, 0.15) is 17.5 Å². The van der Waals surface area contributed by atoms with E-state index in [4.69, 9.17) is 9.47 Å². The summed E-state index contributed by atoms with van der Waals surface area (Å²) < 4.78 is 10.3. The van der Waals surface area contributed by atoms with Crippen molar-refractivity contribution in [1.82, 2.24) is 4.90 Å². The maximum absolute atomic E-state index is 13.1. The van der Waals surface area contributed by atoms with E-state index < -0.39 is 18.0 Å². The van der Waals surface area contributed by atoms with Crippen molar-refractivity contribution < 1.29 is 23.9 Å². The van der Waals surface area contributed by atoms with Gasteiger partial charge in [0.25, 0.3) is 5.91 Å².